The van der Waals surface area contributed by atoms with Crippen LogP contribution >= 0.6 is 11.6 Å². The largest absolute Gasteiger partial charge is 0.242 e. The van der Waals surface area contributed by atoms with E-state index < -0.39 is 15.8 Å². The molecule has 1 aromatic rings. The summed E-state index contributed by atoms with van der Waals surface area (Å²) in [5.74, 6) is -0.630. The maximum absolute atomic E-state index is 12.8. The highest BCUT2D eigenvalue weighted by Crippen LogP contribution is 2.21. The van der Waals surface area contributed by atoms with E-state index in [-0.39, 0.29) is 9.92 Å². The normalized spacial score (nSPS) is 12.1. The van der Waals surface area contributed by atoms with Gasteiger partial charge in [-0.2, -0.15) is 0 Å². The Morgan fingerprint density at radius 3 is 2.53 bits per heavy atom. The molecule has 0 spiro atoms. The van der Waals surface area contributed by atoms with E-state index in [9.17, 15) is 12.8 Å². The van der Waals surface area contributed by atoms with Crippen LogP contribution in [0.25, 0.3) is 0 Å². The van der Waals surface area contributed by atoms with Crippen LogP contribution in [0, 0.1) is 5.82 Å². The minimum absolute atomic E-state index is 0.00162. The van der Waals surface area contributed by atoms with Crippen molar-refractivity contribution in [1.82, 2.24) is 4.31 Å². The van der Waals surface area contributed by atoms with Gasteiger partial charge in [-0.05, 0) is 18.2 Å². The summed E-state index contributed by atoms with van der Waals surface area (Å²) in [7, 11) is -2.10. The van der Waals surface area contributed by atoms with E-state index in [1.807, 2.05) is 0 Å². The molecular formula is C9H11ClFNO2S. The van der Waals surface area contributed by atoms with Gasteiger partial charge in [-0.25, -0.2) is 17.1 Å². The maximum atomic E-state index is 12.8. The van der Waals surface area contributed by atoms with E-state index in [0.717, 1.165) is 16.4 Å². The van der Waals surface area contributed by atoms with Crippen LogP contribution in [0.15, 0.2) is 23.1 Å². The van der Waals surface area contributed by atoms with Crippen LogP contribution in [0.3, 0.4) is 0 Å². The molecule has 6 heteroatoms. The van der Waals surface area contributed by atoms with E-state index >= 15 is 0 Å². The molecule has 0 bridgehead atoms. The van der Waals surface area contributed by atoms with Gasteiger partial charge < -0.3 is 0 Å². The molecule has 0 saturated heterocycles. The molecule has 84 valence electrons. The molecule has 0 fully saturated rings. The van der Waals surface area contributed by atoms with Crippen molar-refractivity contribution in [2.75, 3.05) is 13.6 Å². The average molecular weight is 252 g/mol. The van der Waals surface area contributed by atoms with Crippen LogP contribution in [0.1, 0.15) is 6.92 Å². The zero-order valence-electron chi connectivity index (χ0n) is 8.37. The van der Waals surface area contributed by atoms with E-state index in [1.165, 1.54) is 13.1 Å². The lowest BCUT2D eigenvalue weighted by molar-refractivity contribution is 0.486. The zero-order chi connectivity index (χ0) is 11.6. The Morgan fingerprint density at radius 1 is 1.47 bits per heavy atom. The molecule has 0 heterocycles. The predicted molar refractivity (Wildman–Crippen MR) is 56.9 cm³/mol. The fourth-order valence-electron chi connectivity index (χ4n) is 0.987. The second-order valence-corrected chi connectivity index (χ2v) is 5.45. The number of hydrogen-bond acceptors (Lipinski definition) is 2. The van der Waals surface area contributed by atoms with Crippen LogP contribution in [-0.2, 0) is 10.0 Å². The first-order valence-electron chi connectivity index (χ1n) is 4.31. The lowest BCUT2D eigenvalue weighted by atomic mass is 10.3. The molecule has 1 rings (SSSR count). The van der Waals surface area contributed by atoms with E-state index in [0.29, 0.717) is 6.54 Å². The summed E-state index contributed by atoms with van der Waals surface area (Å²) in [6.45, 7) is 2.06. The Kier molecular flexibility index (Phi) is 3.70. The first-order valence-corrected chi connectivity index (χ1v) is 6.12. The molecule has 0 aliphatic carbocycles. The van der Waals surface area contributed by atoms with E-state index in [4.69, 9.17) is 11.6 Å². The number of hydrogen-bond donors (Lipinski definition) is 0. The van der Waals surface area contributed by atoms with Gasteiger partial charge in [-0.3, -0.25) is 0 Å². The first kappa shape index (κ1) is 12.4. The number of halogens is 2. The van der Waals surface area contributed by atoms with Crippen LogP contribution in [-0.4, -0.2) is 26.3 Å². The topological polar surface area (TPSA) is 37.4 Å². The van der Waals surface area contributed by atoms with Gasteiger partial charge in [0.2, 0.25) is 10.0 Å². The second kappa shape index (κ2) is 4.47. The second-order valence-electron chi connectivity index (χ2n) is 3.00. The third kappa shape index (κ3) is 2.48. The van der Waals surface area contributed by atoms with Crippen molar-refractivity contribution in [3.05, 3.63) is 29.0 Å². The first-order chi connectivity index (χ1) is 6.89. The summed E-state index contributed by atoms with van der Waals surface area (Å²) in [4.78, 5) is -0.00162. The third-order valence-electron chi connectivity index (χ3n) is 2.04. The summed E-state index contributed by atoms with van der Waals surface area (Å²) in [6.07, 6.45) is 0. The number of benzene rings is 1. The standard InChI is InChI=1S/C9H11ClFNO2S/c1-3-12(2)15(13,14)7-4-5-9(11)8(10)6-7/h4-6H,3H2,1-2H3. The van der Waals surface area contributed by atoms with Crippen molar-refractivity contribution in [1.29, 1.82) is 0 Å². The van der Waals surface area contributed by atoms with Gasteiger partial charge in [0.15, 0.2) is 0 Å². The summed E-state index contributed by atoms with van der Waals surface area (Å²) in [6, 6.07) is 3.35. The fourth-order valence-corrected chi connectivity index (χ4v) is 2.44. The van der Waals surface area contributed by atoms with E-state index in [2.05, 4.69) is 0 Å². The molecule has 0 N–H and O–H groups in total. The lowest BCUT2D eigenvalue weighted by Crippen LogP contribution is -2.26. The Labute approximate surface area is 93.5 Å². The molecule has 0 aliphatic rings. The highest BCUT2D eigenvalue weighted by molar-refractivity contribution is 7.89. The van der Waals surface area contributed by atoms with Gasteiger partial charge in [0.05, 0.1) is 9.92 Å². The van der Waals surface area contributed by atoms with Crippen LogP contribution < -0.4 is 0 Å². The zero-order valence-corrected chi connectivity index (χ0v) is 9.94. The smallest absolute Gasteiger partial charge is 0.207 e. The lowest BCUT2D eigenvalue weighted by Gasteiger charge is -2.14. The molecule has 0 unspecified atom stereocenters. The monoisotopic (exact) mass is 251 g/mol. The Bertz CT molecular complexity index is 461. The van der Waals surface area contributed by atoms with Gasteiger partial charge in [0.1, 0.15) is 5.82 Å². The molecule has 0 atom stereocenters. The van der Waals surface area contributed by atoms with Crippen molar-refractivity contribution >= 4 is 21.6 Å². The average Bonchev–Trinajstić information content (AvgIpc) is 2.20. The van der Waals surface area contributed by atoms with Crippen molar-refractivity contribution in [2.24, 2.45) is 0 Å². The molecular weight excluding hydrogens is 241 g/mol. The highest BCUT2D eigenvalue weighted by Gasteiger charge is 2.20. The summed E-state index contributed by atoms with van der Waals surface area (Å²) in [5.41, 5.74) is 0. The van der Waals surface area contributed by atoms with Gasteiger partial charge >= 0.3 is 0 Å². The molecule has 0 saturated carbocycles. The molecule has 3 nitrogen and oxygen atoms in total. The molecule has 0 amide bonds. The minimum Gasteiger partial charge on any atom is -0.207 e. The van der Waals surface area contributed by atoms with Gasteiger partial charge in [-0.15, -0.1) is 0 Å². The molecule has 0 radical (unpaired) electrons. The summed E-state index contributed by atoms with van der Waals surface area (Å²) < 4.78 is 37.5. The van der Waals surface area contributed by atoms with E-state index in [1.54, 1.807) is 6.92 Å². The van der Waals surface area contributed by atoms with Gasteiger partial charge in [0.25, 0.3) is 0 Å². The Morgan fingerprint density at radius 2 is 2.07 bits per heavy atom. The maximum Gasteiger partial charge on any atom is 0.242 e. The summed E-state index contributed by atoms with van der Waals surface area (Å²) in [5, 5.41) is -0.194. The molecule has 0 aliphatic heterocycles. The Hall–Kier alpha value is -0.650. The highest BCUT2D eigenvalue weighted by atomic mass is 35.5. The summed E-state index contributed by atoms with van der Waals surface area (Å²) >= 11 is 5.51. The molecule has 0 aromatic heterocycles. The van der Waals surface area contributed by atoms with Crippen molar-refractivity contribution in [2.45, 2.75) is 11.8 Å². The van der Waals surface area contributed by atoms with Gasteiger partial charge in [0, 0.05) is 13.6 Å². The van der Waals surface area contributed by atoms with Crippen molar-refractivity contribution in [3.63, 3.8) is 0 Å². The predicted octanol–water partition coefficient (Wildman–Crippen LogP) is 2.12. The molecule has 1 aromatic carbocycles. The van der Waals surface area contributed by atoms with Gasteiger partial charge in [-0.1, -0.05) is 18.5 Å². The molecule has 15 heavy (non-hydrogen) atoms. The number of rotatable bonds is 3. The number of sulfonamides is 1. The fraction of sp³-hybridized carbons (Fsp3) is 0.333. The third-order valence-corrected chi connectivity index (χ3v) is 4.26. The van der Waals surface area contributed by atoms with Crippen LogP contribution in [0.4, 0.5) is 4.39 Å². The van der Waals surface area contributed by atoms with Crippen LogP contribution in [0.2, 0.25) is 5.02 Å². The quantitative estimate of drug-likeness (QED) is 0.825. The van der Waals surface area contributed by atoms with Crippen LogP contribution in [0.5, 0.6) is 0 Å². The number of nitrogens with zero attached hydrogens (tertiary/aromatic N) is 1. The Balaban J connectivity index is 3.23. The van der Waals surface area contributed by atoms with Crippen molar-refractivity contribution in [3.8, 4) is 0 Å². The minimum atomic E-state index is -3.55. The SMILES string of the molecule is CCN(C)S(=O)(=O)c1ccc(F)c(Cl)c1. The van der Waals surface area contributed by atoms with Crippen molar-refractivity contribution < 1.29 is 12.8 Å².